The maximum atomic E-state index is 12.4. The molecule has 6 nitrogen and oxygen atoms in total. The lowest BCUT2D eigenvalue weighted by molar-refractivity contribution is 0.102. The van der Waals surface area contributed by atoms with Crippen molar-refractivity contribution in [2.24, 2.45) is 0 Å². The van der Waals surface area contributed by atoms with Crippen LogP contribution in [0.25, 0.3) is 0 Å². The third-order valence-electron chi connectivity index (χ3n) is 3.41. The summed E-state index contributed by atoms with van der Waals surface area (Å²) in [7, 11) is 1.58. The summed E-state index contributed by atoms with van der Waals surface area (Å²) >= 11 is 12.1. The van der Waals surface area contributed by atoms with E-state index in [1.54, 1.807) is 49.6 Å². The van der Waals surface area contributed by atoms with Gasteiger partial charge in [0.1, 0.15) is 11.4 Å². The van der Waals surface area contributed by atoms with Crippen molar-refractivity contribution in [2.75, 3.05) is 17.7 Å². The minimum absolute atomic E-state index is 0.205. The van der Waals surface area contributed by atoms with Crippen LogP contribution >= 0.6 is 23.2 Å². The number of amides is 1. The normalized spacial score (nSPS) is 10.3. The van der Waals surface area contributed by atoms with Crippen LogP contribution in [-0.2, 0) is 0 Å². The van der Waals surface area contributed by atoms with Crippen LogP contribution in [0.15, 0.2) is 54.7 Å². The first-order chi connectivity index (χ1) is 12.5. The number of nitrogens with one attached hydrogen (secondary N) is 2. The Balaban J connectivity index is 1.75. The molecule has 0 radical (unpaired) electrons. The molecule has 2 aromatic carbocycles. The number of anilines is 3. The monoisotopic (exact) mass is 388 g/mol. The highest BCUT2D eigenvalue weighted by Gasteiger charge is 2.11. The quantitative estimate of drug-likeness (QED) is 0.656. The number of ether oxygens (including phenoxy) is 1. The minimum atomic E-state index is -0.363. The predicted molar refractivity (Wildman–Crippen MR) is 103 cm³/mol. The summed E-state index contributed by atoms with van der Waals surface area (Å²) in [5, 5.41) is 6.70. The summed E-state index contributed by atoms with van der Waals surface area (Å²) < 4.78 is 5.09. The molecule has 0 aliphatic heterocycles. The van der Waals surface area contributed by atoms with Gasteiger partial charge in [-0.1, -0.05) is 23.2 Å². The van der Waals surface area contributed by atoms with E-state index in [4.69, 9.17) is 27.9 Å². The summed E-state index contributed by atoms with van der Waals surface area (Å²) in [6.45, 7) is 0. The van der Waals surface area contributed by atoms with Crippen molar-refractivity contribution in [3.8, 4) is 5.75 Å². The number of halogens is 2. The molecular formula is C18H14Cl2N4O2. The van der Waals surface area contributed by atoms with Crippen LogP contribution in [0.1, 0.15) is 10.5 Å². The number of aromatic nitrogens is 2. The van der Waals surface area contributed by atoms with E-state index in [2.05, 4.69) is 20.6 Å². The Labute approximate surface area is 160 Å². The molecule has 0 fully saturated rings. The van der Waals surface area contributed by atoms with Crippen molar-refractivity contribution in [2.45, 2.75) is 0 Å². The maximum absolute atomic E-state index is 12.4. The Hall–Kier alpha value is -2.83. The molecule has 0 atom stereocenters. The van der Waals surface area contributed by atoms with Crippen molar-refractivity contribution in [3.05, 3.63) is 70.5 Å². The zero-order chi connectivity index (χ0) is 18.5. The summed E-state index contributed by atoms with van der Waals surface area (Å²) in [5.41, 5.74) is 1.38. The molecule has 0 unspecified atom stereocenters. The van der Waals surface area contributed by atoms with Crippen molar-refractivity contribution in [3.63, 3.8) is 0 Å². The summed E-state index contributed by atoms with van der Waals surface area (Å²) in [4.78, 5) is 20.7. The van der Waals surface area contributed by atoms with Gasteiger partial charge in [-0.3, -0.25) is 4.79 Å². The zero-order valence-electron chi connectivity index (χ0n) is 13.7. The lowest BCUT2D eigenvalue weighted by atomic mass is 10.3. The number of rotatable bonds is 5. The molecule has 132 valence electrons. The number of carbonyl (C=O) groups excluding carboxylic acids is 1. The number of benzene rings is 2. The molecular weight excluding hydrogens is 375 g/mol. The molecule has 0 bridgehead atoms. The Morgan fingerprint density at radius 2 is 1.85 bits per heavy atom. The van der Waals surface area contributed by atoms with E-state index in [1.807, 2.05) is 0 Å². The van der Waals surface area contributed by atoms with Gasteiger partial charge in [0.15, 0.2) is 0 Å². The number of nitrogens with zero attached hydrogens (tertiary/aromatic N) is 2. The standard InChI is InChI=1S/C18H14Cl2N4O2/c1-26-13-5-3-12(4-6-13)22-17(25)15-8-9-21-18(23-15)24-16-10-11(19)2-7-14(16)20/h2-10H,1H3,(H,22,25)(H,21,23,24). The van der Waals surface area contributed by atoms with Crippen molar-refractivity contribution in [1.82, 2.24) is 9.97 Å². The summed E-state index contributed by atoms with van der Waals surface area (Å²) in [6, 6.07) is 13.5. The first kappa shape index (κ1) is 18.0. The van der Waals surface area contributed by atoms with E-state index >= 15 is 0 Å². The summed E-state index contributed by atoms with van der Waals surface area (Å²) in [6.07, 6.45) is 1.48. The van der Waals surface area contributed by atoms with Crippen molar-refractivity contribution >= 4 is 46.4 Å². The van der Waals surface area contributed by atoms with E-state index in [0.29, 0.717) is 27.2 Å². The molecule has 0 aliphatic carbocycles. The van der Waals surface area contributed by atoms with E-state index in [9.17, 15) is 4.79 Å². The van der Waals surface area contributed by atoms with Gasteiger partial charge in [-0.25, -0.2) is 9.97 Å². The molecule has 8 heteroatoms. The molecule has 1 amide bonds. The second kappa shape index (κ2) is 8.03. The van der Waals surface area contributed by atoms with Gasteiger partial charge in [0, 0.05) is 16.9 Å². The fourth-order valence-corrected chi connectivity index (χ4v) is 2.47. The highest BCUT2D eigenvalue weighted by Crippen LogP contribution is 2.27. The molecule has 0 spiro atoms. The third-order valence-corrected chi connectivity index (χ3v) is 3.98. The van der Waals surface area contributed by atoms with Crippen LogP contribution in [0.5, 0.6) is 5.75 Å². The molecule has 1 heterocycles. The Morgan fingerprint density at radius 3 is 2.58 bits per heavy atom. The molecule has 26 heavy (non-hydrogen) atoms. The van der Waals surface area contributed by atoms with Crippen LogP contribution in [0.2, 0.25) is 10.0 Å². The van der Waals surface area contributed by atoms with Crippen LogP contribution in [-0.4, -0.2) is 23.0 Å². The fraction of sp³-hybridized carbons (Fsp3) is 0.0556. The Morgan fingerprint density at radius 1 is 1.08 bits per heavy atom. The maximum Gasteiger partial charge on any atom is 0.274 e. The molecule has 0 saturated heterocycles. The average molecular weight is 389 g/mol. The van der Waals surface area contributed by atoms with E-state index in [0.717, 1.165) is 0 Å². The molecule has 0 saturated carbocycles. The van der Waals surface area contributed by atoms with Gasteiger partial charge in [0.2, 0.25) is 5.95 Å². The van der Waals surface area contributed by atoms with Gasteiger partial charge >= 0.3 is 0 Å². The molecule has 1 aromatic heterocycles. The van der Waals surface area contributed by atoms with Crippen LogP contribution in [0.4, 0.5) is 17.3 Å². The molecule has 3 aromatic rings. The van der Waals surface area contributed by atoms with Crippen molar-refractivity contribution < 1.29 is 9.53 Å². The smallest absolute Gasteiger partial charge is 0.274 e. The topological polar surface area (TPSA) is 76.1 Å². The average Bonchev–Trinajstić information content (AvgIpc) is 2.65. The number of carbonyl (C=O) groups is 1. The lowest BCUT2D eigenvalue weighted by Gasteiger charge is -2.09. The van der Waals surface area contributed by atoms with Crippen LogP contribution in [0.3, 0.4) is 0 Å². The van der Waals surface area contributed by atoms with Gasteiger partial charge < -0.3 is 15.4 Å². The first-order valence-electron chi connectivity index (χ1n) is 7.55. The van der Waals surface area contributed by atoms with Gasteiger partial charge in [0.25, 0.3) is 5.91 Å². The molecule has 3 rings (SSSR count). The van der Waals surface area contributed by atoms with Crippen molar-refractivity contribution in [1.29, 1.82) is 0 Å². The predicted octanol–water partition coefficient (Wildman–Crippen LogP) is 4.79. The van der Waals surface area contributed by atoms with Gasteiger partial charge in [0.05, 0.1) is 17.8 Å². The van der Waals surface area contributed by atoms with Gasteiger partial charge in [-0.05, 0) is 48.5 Å². The van der Waals surface area contributed by atoms with E-state index < -0.39 is 0 Å². The third kappa shape index (κ3) is 4.41. The lowest BCUT2D eigenvalue weighted by Crippen LogP contribution is -2.14. The highest BCUT2D eigenvalue weighted by atomic mass is 35.5. The van der Waals surface area contributed by atoms with Crippen LogP contribution < -0.4 is 15.4 Å². The van der Waals surface area contributed by atoms with E-state index in [-0.39, 0.29) is 17.5 Å². The first-order valence-corrected chi connectivity index (χ1v) is 8.31. The van der Waals surface area contributed by atoms with Gasteiger partial charge in [-0.2, -0.15) is 0 Å². The van der Waals surface area contributed by atoms with Crippen LogP contribution in [0, 0.1) is 0 Å². The second-order valence-electron chi connectivity index (χ2n) is 5.20. The minimum Gasteiger partial charge on any atom is -0.497 e. The van der Waals surface area contributed by atoms with E-state index in [1.165, 1.54) is 12.3 Å². The number of hydrogen-bond donors (Lipinski definition) is 2. The molecule has 2 N–H and O–H groups in total. The largest absolute Gasteiger partial charge is 0.497 e. The summed E-state index contributed by atoms with van der Waals surface area (Å²) in [5.74, 6) is 0.573. The Kier molecular flexibility index (Phi) is 5.55. The molecule has 0 aliphatic rings. The number of methoxy groups -OCH3 is 1. The second-order valence-corrected chi connectivity index (χ2v) is 6.04. The fourth-order valence-electron chi connectivity index (χ4n) is 2.13. The zero-order valence-corrected chi connectivity index (χ0v) is 15.2. The highest BCUT2D eigenvalue weighted by molar-refractivity contribution is 6.35. The number of hydrogen-bond acceptors (Lipinski definition) is 5. The Bertz CT molecular complexity index is 933. The van der Waals surface area contributed by atoms with Gasteiger partial charge in [-0.15, -0.1) is 0 Å². The SMILES string of the molecule is COc1ccc(NC(=O)c2ccnc(Nc3cc(Cl)ccc3Cl)n2)cc1.